The summed E-state index contributed by atoms with van der Waals surface area (Å²) in [7, 11) is 0. The Labute approximate surface area is 116 Å². The molecular formula is C14H17NO5. The molecule has 0 aliphatic heterocycles. The summed E-state index contributed by atoms with van der Waals surface area (Å²) in [5.41, 5.74) is 6.91. The number of carboxylic acid groups (broad SMARTS) is 2. The molecule has 0 bridgehead atoms. The lowest BCUT2D eigenvalue weighted by Crippen LogP contribution is -2.13. The molecule has 0 saturated carbocycles. The van der Waals surface area contributed by atoms with Gasteiger partial charge < -0.3 is 15.9 Å². The largest absolute Gasteiger partial charge is 0.478 e. The van der Waals surface area contributed by atoms with Crippen molar-refractivity contribution in [2.45, 2.75) is 19.8 Å². The van der Waals surface area contributed by atoms with Crippen LogP contribution in [-0.2, 0) is 16.0 Å². The average molecular weight is 279 g/mol. The number of amides is 1. The van der Waals surface area contributed by atoms with Crippen LogP contribution in [0.25, 0.3) is 0 Å². The molecule has 1 rings (SSSR count). The maximum atomic E-state index is 10.9. The third-order valence-corrected chi connectivity index (χ3v) is 2.17. The third-order valence-electron chi connectivity index (χ3n) is 2.17. The average Bonchev–Trinajstić information content (AvgIpc) is 2.38. The smallest absolute Gasteiger partial charge is 0.328 e. The molecule has 0 radical (unpaired) electrons. The van der Waals surface area contributed by atoms with Gasteiger partial charge in [0.25, 0.3) is 0 Å². The summed E-state index contributed by atoms with van der Waals surface area (Å²) in [4.78, 5) is 30.0. The molecule has 108 valence electrons. The number of carboxylic acids is 2. The van der Waals surface area contributed by atoms with Crippen LogP contribution in [0.1, 0.15) is 29.3 Å². The summed E-state index contributed by atoms with van der Waals surface area (Å²) in [6, 6.07) is 7.48. The summed E-state index contributed by atoms with van der Waals surface area (Å²) >= 11 is 0. The van der Waals surface area contributed by atoms with Crippen LogP contribution in [-0.4, -0.2) is 28.1 Å². The van der Waals surface area contributed by atoms with E-state index in [1.807, 2.05) is 18.2 Å². The number of benzene rings is 1. The Balaban J connectivity index is 0.000000396. The quantitative estimate of drug-likeness (QED) is 0.705. The lowest BCUT2D eigenvalue weighted by atomic mass is 10.0. The van der Waals surface area contributed by atoms with E-state index < -0.39 is 11.9 Å². The molecule has 0 aliphatic carbocycles. The molecule has 0 aromatic heterocycles. The first-order chi connectivity index (χ1) is 9.38. The molecule has 1 aromatic rings. The number of aliphatic carboxylic acids is 2. The predicted molar refractivity (Wildman–Crippen MR) is 73.4 cm³/mol. The number of carbonyl (C=O) groups excluding carboxylic acids is 1. The fraction of sp³-hybridized carbons (Fsp3) is 0.214. The Morgan fingerprint density at radius 2 is 1.60 bits per heavy atom. The predicted octanol–water partition coefficient (Wildman–Crippen LogP) is 1.45. The van der Waals surface area contributed by atoms with Gasteiger partial charge in [-0.3, -0.25) is 4.79 Å². The molecule has 0 saturated heterocycles. The molecule has 0 aliphatic rings. The van der Waals surface area contributed by atoms with Gasteiger partial charge in [0.15, 0.2) is 0 Å². The van der Waals surface area contributed by atoms with Gasteiger partial charge >= 0.3 is 11.9 Å². The van der Waals surface area contributed by atoms with E-state index in [2.05, 4.69) is 6.92 Å². The van der Waals surface area contributed by atoms with Crippen molar-refractivity contribution in [1.29, 1.82) is 0 Å². The third kappa shape index (κ3) is 7.65. The Bertz CT molecular complexity index is 492. The van der Waals surface area contributed by atoms with Gasteiger partial charge in [-0.05, 0) is 18.1 Å². The van der Waals surface area contributed by atoms with Crippen LogP contribution in [0.2, 0.25) is 0 Å². The van der Waals surface area contributed by atoms with Gasteiger partial charge in [0, 0.05) is 17.7 Å². The summed E-state index contributed by atoms with van der Waals surface area (Å²) < 4.78 is 0. The highest BCUT2D eigenvalue weighted by molar-refractivity contribution is 5.94. The van der Waals surface area contributed by atoms with Gasteiger partial charge in [0.1, 0.15) is 0 Å². The van der Waals surface area contributed by atoms with Crippen molar-refractivity contribution in [2.75, 3.05) is 0 Å². The molecule has 20 heavy (non-hydrogen) atoms. The molecule has 1 aromatic carbocycles. The van der Waals surface area contributed by atoms with Crippen LogP contribution in [0, 0.1) is 0 Å². The lowest BCUT2D eigenvalue weighted by molar-refractivity contribution is -0.134. The number of aryl methyl sites for hydroxylation is 1. The first kappa shape index (κ1) is 17.4. The van der Waals surface area contributed by atoms with Crippen molar-refractivity contribution in [2.24, 2.45) is 5.73 Å². The number of primary amides is 1. The van der Waals surface area contributed by atoms with E-state index in [-0.39, 0.29) is 5.91 Å². The zero-order valence-corrected chi connectivity index (χ0v) is 11.1. The second-order valence-electron chi connectivity index (χ2n) is 3.78. The van der Waals surface area contributed by atoms with Crippen molar-refractivity contribution in [3.63, 3.8) is 0 Å². The van der Waals surface area contributed by atoms with Gasteiger partial charge in [-0.25, -0.2) is 9.59 Å². The van der Waals surface area contributed by atoms with E-state index in [1.54, 1.807) is 6.07 Å². The van der Waals surface area contributed by atoms with Crippen molar-refractivity contribution < 1.29 is 24.6 Å². The molecular weight excluding hydrogens is 262 g/mol. The minimum atomic E-state index is -1.26. The first-order valence-corrected chi connectivity index (χ1v) is 5.90. The van der Waals surface area contributed by atoms with Crippen molar-refractivity contribution >= 4 is 17.8 Å². The highest BCUT2D eigenvalue weighted by Gasteiger charge is 2.04. The normalized spacial score (nSPS) is 9.65. The Morgan fingerprint density at radius 3 is 2.00 bits per heavy atom. The van der Waals surface area contributed by atoms with E-state index in [9.17, 15) is 14.4 Å². The van der Waals surface area contributed by atoms with Gasteiger partial charge in [0.2, 0.25) is 5.91 Å². The molecule has 0 unspecified atom stereocenters. The topological polar surface area (TPSA) is 118 Å². The minimum Gasteiger partial charge on any atom is -0.478 e. The highest BCUT2D eigenvalue weighted by atomic mass is 16.4. The molecule has 0 atom stereocenters. The Kier molecular flexibility index (Phi) is 8.09. The number of carbonyl (C=O) groups is 3. The zero-order chi connectivity index (χ0) is 15.5. The summed E-state index contributed by atoms with van der Waals surface area (Å²) in [6.45, 7) is 2.08. The Morgan fingerprint density at radius 1 is 1.10 bits per heavy atom. The van der Waals surface area contributed by atoms with E-state index in [4.69, 9.17) is 15.9 Å². The number of rotatable bonds is 5. The van der Waals surface area contributed by atoms with Crippen LogP contribution in [0.3, 0.4) is 0 Å². The van der Waals surface area contributed by atoms with E-state index in [0.29, 0.717) is 17.7 Å². The monoisotopic (exact) mass is 279 g/mol. The van der Waals surface area contributed by atoms with E-state index in [1.165, 1.54) is 0 Å². The van der Waals surface area contributed by atoms with Gasteiger partial charge in [-0.15, -0.1) is 0 Å². The molecule has 0 spiro atoms. The van der Waals surface area contributed by atoms with Crippen LogP contribution < -0.4 is 5.73 Å². The maximum absolute atomic E-state index is 10.9. The maximum Gasteiger partial charge on any atom is 0.328 e. The van der Waals surface area contributed by atoms with Crippen LogP contribution in [0.15, 0.2) is 36.4 Å². The number of hydrogen-bond acceptors (Lipinski definition) is 3. The molecule has 4 N–H and O–H groups in total. The van der Waals surface area contributed by atoms with Gasteiger partial charge in [-0.2, -0.15) is 0 Å². The van der Waals surface area contributed by atoms with Crippen molar-refractivity contribution in [1.82, 2.24) is 0 Å². The molecule has 0 fully saturated rings. The van der Waals surface area contributed by atoms with Gasteiger partial charge in [-0.1, -0.05) is 31.5 Å². The standard InChI is InChI=1S/C10H13NO.C4H4O4/c1-2-5-8-6-3-4-7-9(8)10(11)12;5-3(6)1-2-4(7)8/h3-4,6-7H,2,5H2,1H3,(H2,11,12);1-2H,(H,5,6)(H,7,8). The molecule has 1 amide bonds. The lowest BCUT2D eigenvalue weighted by Gasteiger charge is -2.03. The minimum absolute atomic E-state index is 0.334. The molecule has 6 nitrogen and oxygen atoms in total. The molecule has 0 heterocycles. The Hall–Kier alpha value is -2.63. The van der Waals surface area contributed by atoms with Crippen LogP contribution in [0.5, 0.6) is 0 Å². The highest BCUT2D eigenvalue weighted by Crippen LogP contribution is 2.09. The van der Waals surface area contributed by atoms with Crippen LogP contribution in [0.4, 0.5) is 0 Å². The first-order valence-electron chi connectivity index (χ1n) is 5.90. The SMILES string of the molecule is CCCc1ccccc1C(N)=O.O=C(O)C=CC(=O)O. The summed E-state index contributed by atoms with van der Waals surface area (Å²) in [5.74, 6) is -2.85. The second kappa shape index (κ2) is 9.32. The molecule has 6 heteroatoms. The van der Waals surface area contributed by atoms with E-state index in [0.717, 1.165) is 18.4 Å². The number of nitrogens with two attached hydrogens (primary N) is 1. The fourth-order valence-electron chi connectivity index (χ4n) is 1.39. The second-order valence-corrected chi connectivity index (χ2v) is 3.78. The van der Waals surface area contributed by atoms with Crippen LogP contribution >= 0.6 is 0 Å². The summed E-state index contributed by atoms with van der Waals surface area (Å²) in [5, 5.41) is 15.6. The number of hydrogen-bond donors (Lipinski definition) is 3. The zero-order valence-electron chi connectivity index (χ0n) is 11.1. The summed E-state index contributed by atoms with van der Waals surface area (Å²) in [6.07, 6.45) is 3.06. The van der Waals surface area contributed by atoms with Crippen molar-refractivity contribution in [3.05, 3.63) is 47.5 Å². The van der Waals surface area contributed by atoms with E-state index >= 15 is 0 Å². The van der Waals surface area contributed by atoms with Gasteiger partial charge in [0.05, 0.1) is 0 Å². The fourth-order valence-corrected chi connectivity index (χ4v) is 1.39. The van der Waals surface area contributed by atoms with Crippen molar-refractivity contribution in [3.8, 4) is 0 Å².